The van der Waals surface area contributed by atoms with Crippen molar-refractivity contribution in [3.8, 4) is 0 Å². The van der Waals surface area contributed by atoms with Gasteiger partial charge in [0.1, 0.15) is 0 Å². The molecule has 0 spiro atoms. The van der Waals surface area contributed by atoms with Gasteiger partial charge < -0.3 is 20.3 Å². The van der Waals surface area contributed by atoms with E-state index in [-0.39, 0.29) is 18.5 Å². The Morgan fingerprint density at radius 3 is 1.12 bits per heavy atom. The van der Waals surface area contributed by atoms with Gasteiger partial charge in [-0.1, -0.05) is 276 Å². The predicted molar refractivity (Wildman–Crippen MR) is 287 cm³/mol. The van der Waals surface area contributed by atoms with Gasteiger partial charge in [0.2, 0.25) is 5.91 Å². The minimum Gasteiger partial charge on any atom is -0.466 e. The highest BCUT2D eigenvalue weighted by atomic mass is 16.5. The highest BCUT2D eigenvalue weighted by Gasteiger charge is 2.20. The number of carbonyl (C=O) groups is 2. The molecule has 0 aromatic heterocycles. The smallest absolute Gasteiger partial charge is 0.305 e. The molecule has 0 aliphatic heterocycles. The van der Waals surface area contributed by atoms with Gasteiger partial charge in [-0.3, -0.25) is 9.59 Å². The van der Waals surface area contributed by atoms with Crippen LogP contribution in [0.25, 0.3) is 0 Å². The molecule has 0 bridgehead atoms. The molecule has 0 aromatic carbocycles. The first kappa shape index (κ1) is 64.3. The Kier molecular flexibility index (Phi) is 54.5. The van der Waals surface area contributed by atoms with Gasteiger partial charge >= 0.3 is 5.97 Å². The number of ether oxygens (including phenoxy) is 1. The number of allylic oxidation sites excluding steroid dienone is 4. The summed E-state index contributed by atoms with van der Waals surface area (Å²) in [6.07, 6.45) is 67.4. The van der Waals surface area contributed by atoms with E-state index < -0.39 is 12.1 Å². The molecule has 0 fully saturated rings. The summed E-state index contributed by atoms with van der Waals surface area (Å²) in [5.41, 5.74) is 0. The summed E-state index contributed by atoms with van der Waals surface area (Å²) in [5.74, 6) is -0.0547. The zero-order chi connectivity index (χ0) is 47.9. The second-order valence-corrected chi connectivity index (χ2v) is 20.4. The van der Waals surface area contributed by atoms with Gasteiger partial charge in [0, 0.05) is 12.8 Å². The molecule has 3 N–H and O–H groups in total. The Hall–Kier alpha value is -1.66. The van der Waals surface area contributed by atoms with Crippen molar-refractivity contribution in [2.24, 2.45) is 0 Å². The average molecular weight is 931 g/mol. The molecular weight excluding hydrogens is 815 g/mol. The third-order valence-electron chi connectivity index (χ3n) is 13.8. The van der Waals surface area contributed by atoms with Crippen molar-refractivity contribution in [1.29, 1.82) is 0 Å². The molecule has 0 radical (unpaired) electrons. The van der Waals surface area contributed by atoms with E-state index in [1.807, 2.05) is 0 Å². The van der Waals surface area contributed by atoms with Crippen molar-refractivity contribution in [3.05, 3.63) is 24.3 Å². The summed E-state index contributed by atoms with van der Waals surface area (Å²) >= 11 is 0. The monoisotopic (exact) mass is 930 g/mol. The Labute approximate surface area is 411 Å². The van der Waals surface area contributed by atoms with Crippen LogP contribution in [0.3, 0.4) is 0 Å². The van der Waals surface area contributed by atoms with Crippen molar-refractivity contribution < 1.29 is 24.5 Å². The number of aliphatic hydroxyl groups excluding tert-OH is 2. The minimum atomic E-state index is -0.671. The van der Waals surface area contributed by atoms with Gasteiger partial charge in [-0.2, -0.15) is 0 Å². The number of hydrogen-bond donors (Lipinski definition) is 3. The van der Waals surface area contributed by atoms with E-state index in [2.05, 4.69) is 43.5 Å². The zero-order valence-electron chi connectivity index (χ0n) is 44.4. The van der Waals surface area contributed by atoms with Gasteiger partial charge in [-0.15, -0.1) is 0 Å². The Bertz CT molecular complexity index is 1030. The molecule has 2 atom stereocenters. The highest BCUT2D eigenvalue weighted by Crippen LogP contribution is 2.17. The summed E-state index contributed by atoms with van der Waals surface area (Å²) in [4.78, 5) is 24.5. The Morgan fingerprint density at radius 2 is 0.742 bits per heavy atom. The first-order valence-corrected chi connectivity index (χ1v) is 29.6. The molecule has 66 heavy (non-hydrogen) atoms. The molecule has 2 unspecified atom stereocenters. The van der Waals surface area contributed by atoms with E-state index in [4.69, 9.17) is 4.74 Å². The third-order valence-corrected chi connectivity index (χ3v) is 13.8. The third kappa shape index (κ3) is 51.7. The van der Waals surface area contributed by atoms with Gasteiger partial charge in [-0.25, -0.2) is 0 Å². The topological polar surface area (TPSA) is 95.9 Å². The van der Waals surface area contributed by atoms with Crippen molar-refractivity contribution in [3.63, 3.8) is 0 Å². The van der Waals surface area contributed by atoms with Crippen LogP contribution in [-0.4, -0.2) is 47.4 Å². The summed E-state index contributed by atoms with van der Waals surface area (Å²) < 4.78 is 5.44. The van der Waals surface area contributed by atoms with E-state index in [9.17, 15) is 19.8 Å². The van der Waals surface area contributed by atoms with Crippen LogP contribution in [0.4, 0.5) is 0 Å². The lowest BCUT2D eigenvalue weighted by Crippen LogP contribution is -2.45. The number of hydrogen-bond acceptors (Lipinski definition) is 5. The van der Waals surface area contributed by atoms with Crippen molar-refractivity contribution in [1.82, 2.24) is 5.32 Å². The van der Waals surface area contributed by atoms with Gasteiger partial charge in [0.25, 0.3) is 0 Å². The second-order valence-electron chi connectivity index (χ2n) is 20.4. The lowest BCUT2D eigenvalue weighted by molar-refractivity contribution is -0.143. The molecule has 0 heterocycles. The standard InChI is InChI=1S/C60H115NO5/c1-3-5-7-9-11-13-15-17-18-19-23-26-29-32-36-40-44-48-52-58(63)57(56-62)61-59(64)53-49-45-41-37-33-30-27-24-21-20-22-25-28-31-35-39-43-47-51-55-66-60(65)54-50-46-42-38-34-16-14-12-10-8-6-4-2/h25,28,31,35,57-58,62-63H,3-24,26-27,29-30,32-34,36-56H2,1-2H3,(H,61,64)/b28-25-,35-31-. The highest BCUT2D eigenvalue weighted by molar-refractivity contribution is 5.76. The molecule has 390 valence electrons. The Balaban J connectivity index is 3.48. The molecule has 0 rings (SSSR count). The number of amides is 1. The molecule has 0 aliphatic rings. The van der Waals surface area contributed by atoms with Crippen molar-refractivity contribution >= 4 is 11.9 Å². The summed E-state index contributed by atoms with van der Waals surface area (Å²) in [6, 6.07) is -0.549. The van der Waals surface area contributed by atoms with E-state index in [1.165, 1.54) is 218 Å². The minimum absolute atomic E-state index is 0.0123. The number of esters is 1. The lowest BCUT2D eigenvalue weighted by atomic mass is 10.0. The van der Waals surface area contributed by atoms with Crippen LogP contribution in [0.2, 0.25) is 0 Å². The SMILES string of the molecule is CCCCCCCCCCCCCCCCCCCCC(O)C(CO)NC(=O)CCCCCCCCCCCC/C=C\C=C/CCCCCOC(=O)CCCCCCCCCCCCCC. The molecule has 1 amide bonds. The molecule has 0 aliphatic carbocycles. The average Bonchev–Trinajstić information content (AvgIpc) is 3.32. The fourth-order valence-corrected chi connectivity index (χ4v) is 9.22. The maximum absolute atomic E-state index is 12.5. The van der Waals surface area contributed by atoms with E-state index in [0.29, 0.717) is 25.9 Å². The first-order chi connectivity index (χ1) is 32.5. The molecule has 0 saturated carbocycles. The fraction of sp³-hybridized carbons (Fsp3) is 0.900. The van der Waals surface area contributed by atoms with Crippen LogP contribution < -0.4 is 5.32 Å². The molecule has 6 nitrogen and oxygen atoms in total. The maximum Gasteiger partial charge on any atom is 0.305 e. The predicted octanol–water partition coefficient (Wildman–Crippen LogP) is 18.2. The number of carbonyl (C=O) groups excluding carboxylic acids is 2. The molecule has 0 saturated heterocycles. The summed E-state index contributed by atoms with van der Waals surface area (Å²) in [5, 5.41) is 23.3. The van der Waals surface area contributed by atoms with Crippen molar-refractivity contribution in [2.45, 2.75) is 334 Å². The number of aliphatic hydroxyl groups is 2. The normalized spacial score (nSPS) is 12.7. The largest absolute Gasteiger partial charge is 0.466 e. The number of nitrogens with one attached hydrogen (secondary N) is 1. The van der Waals surface area contributed by atoms with Crippen LogP contribution in [-0.2, 0) is 14.3 Å². The lowest BCUT2D eigenvalue weighted by Gasteiger charge is -2.22. The van der Waals surface area contributed by atoms with Crippen LogP contribution in [0, 0.1) is 0 Å². The van der Waals surface area contributed by atoms with Crippen LogP contribution in [0.5, 0.6) is 0 Å². The van der Waals surface area contributed by atoms with Gasteiger partial charge in [-0.05, 0) is 57.8 Å². The van der Waals surface area contributed by atoms with Crippen LogP contribution >= 0.6 is 0 Å². The number of rotatable bonds is 55. The van der Waals surface area contributed by atoms with Crippen LogP contribution in [0.1, 0.15) is 322 Å². The van der Waals surface area contributed by atoms with Gasteiger partial charge in [0.05, 0.1) is 25.4 Å². The van der Waals surface area contributed by atoms with Crippen LogP contribution in [0.15, 0.2) is 24.3 Å². The second kappa shape index (κ2) is 55.9. The summed E-state index contributed by atoms with van der Waals surface area (Å²) in [7, 11) is 0. The van der Waals surface area contributed by atoms with Gasteiger partial charge in [0.15, 0.2) is 0 Å². The maximum atomic E-state index is 12.5. The van der Waals surface area contributed by atoms with Crippen molar-refractivity contribution in [2.75, 3.05) is 13.2 Å². The van der Waals surface area contributed by atoms with E-state index in [0.717, 1.165) is 70.6 Å². The quantitative estimate of drug-likeness (QED) is 0.0321. The Morgan fingerprint density at radius 1 is 0.424 bits per heavy atom. The zero-order valence-corrected chi connectivity index (χ0v) is 44.4. The number of unbranched alkanes of at least 4 members (excludes halogenated alkanes) is 41. The first-order valence-electron chi connectivity index (χ1n) is 29.6. The molecule has 6 heteroatoms. The van der Waals surface area contributed by atoms with E-state index in [1.54, 1.807) is 0 Å². The molecular formula is C60H115NO5. The van der Waals surface area contributed by atoms with E-state index >= 15 is 0 Å². The fourth-order valence-electron chi connectivity index (χ4n) is 9.22. The summed E-state index contributed by atoms with van der Waals surface area (Å²) in [6.45, 7) is 4.93. The molecule has 0 aromatic rings.